The van der Waals surface area contributed by atoms with Crippen LogP contribution in [0.25, 0.3) is 55.3 Å². The number of hydrogen-bond donors (Lipinski definition) is 0. The van der Waals surface area contributed by atoms with Crippen molar-refractivity contribution in [2.45, 2.75) is 57.3 Å². The van der Waals surface area contributed by atoms with Crippen LogP contribution in [0.1, 0.15) is 68.6 Å². The Labute approximate surface area is 331 Å². The summed E-state index contributed by atoms with van der Waals surface area (Å²) in [7, 11) is 0. The zero-order chi connectivity index (χ0) is 37.6. The van der Waals surface area contributed by atoms with Crippen LogP contribution in [-0.4, -0.2) is 0 Å². The molecule has 0 aliphatic heterocycles. The van der Waals surface area contributed by atoms with Crippen LogP contribution in [0.5, 0.6) is 0 Å². The van der Waals surface area contributed by atoms with Crippen LogP contribution in [-0.2, 0) is 5.41 Å². The third kappa shape index (κ3) is 6.03. The zero-order valence-electron chi connectivity index (χ0n) is 32.4. The Kier molecular flexibility index (Phi) is 8.67. The average Bonchev–Trinajstić information content (AvgIpc) is 3.50. The van der Waals surface area contributed by atoms with E-state index in [9.17, 15) is 0 Å². The molecule has 8 aromatic rings. The second-order valence-corrected chi connectivity index (χ2v) is 16.4. The second-order valence-electron chi connectivity index (χ2n) is 16.4. The highest BCUT2D eigenvalue weighted by atomic mass is 15.1. The lowest BCUT2D eigenvalue weighted by atomic mass is 9.78. The van der Waals surface area contributed by atoms with Crippen LogP contribution < -0.4 is 4.90 Å². The maximum Gasteiger partial charge on any atom is 0.0465 e. The molecule has 56 heavy (non-hydrogen) atoms. The van der Waals surface area contributed by atoms with Gasteiger partial charge in [0.25, 0.3) is 0 Å². The predicted octanol–water partition coefficient (Wildman–Crippen LogP) is 15.7. The molecule has 0 spiro atoms. The minimum atomic E-state index is -0.0953. The summed E-state index contributed by atoms with van der Waals surface area (Å²) in [6, 6.07) is 67.5. The van der Waals surface area contributed by atoms with Crippen LogP contribution in [0.4, 0.5) is 17.1 Å². The normalized spacial score (nSPS) is 14.7. The van der Waals surface area contributed by atoms with Gasteiger partial charge in [0.05, 0.1) is 0 Å². The fraction of sp³-hybridized carbons (Fsp3) is 0.164. The standard InChI is InChI=1S/C55H47N/c1-55(2)52-24-14-23-48(40-17-8-4-9-18-40)54(52)49-34-33-47(37-53(49)55)56(45-29-25-39(26-30-45)38-15-6-3-7-16-38)46-31-27-42(28-32-46)51-36-44-22-13-12-21-43(44)35-50(51)41-19-10-5-11-20-41/h3,5-7,10-16,19-37,40H,4,8-9,17-18H2,1-2H3. The first-order valence-corrected chi connectivity index (χ1v) is 20.5. The summed E-state index contributed by atoms with van der Waals surface area (Å²) in [6.07, 6.45) is 6.66. The molecule has 272 valence electrons. The number of benzene rings is 8. The molecule has 2 aliphatic rings. The fourth-order valence-electron chi connectivity index (χ4n) is 9.70. The smallest absolute Gasteiger partial charge is 0.0465 e. The van der Waals surface area contributed by atoms with Gasteiger partial charge in [-0.2, -0.15) is 0 Å². The van der Waals surface area contributed by atoms with E-state index < -0.39 is 0 Å². The molecule has 0 N–H and O–H groups in total. The van der Waals surface area contributed by atoms with E-state index in [1.807, 2.05) is 0 Å². The first-order chi connectivity index (χ1) is 27.5. The van der Waals surface area contributed by atoms with E-state index in [0.717, 1.165) is 11.4 Å². The van der Waals surface area contributed by atoms with Gasteiger partial charge < -0.3 is 4.90 Å². The summed E-state index contributed by atoms with van der Waals surface area (Å²) in [5, 5.41) is 2.50. The molecule has 0 unspecified atom stereocenters. The van der Waals surface area contributed by atoms with Crippen LogP contribution in [0.15, 0.2) is 182 Å². The minimum Gasteiger partial charge on any atom is -0.310 e. The molecule has 1 saturated carbocycles. The van der Waals surface area contributed by atoms with Crippen LogP contribution in [0.3, 0.4) is 0 Å². The summed E-state index contributed by atoms with van der Waals surface area (Å²) < 4.78 is 0. The van der Waals surface area contributed by atoms with Crippen molar-refractivity contribution < 1.29 is 0 Å². The molecular weight excluding hydrogens is 675 g/mol. The first-order valence-electron chi connectivity index (χ1n) is 20.5. The number of nitrogens with zero attached hydrogens (tertiary/aromatic N) is 1. The summed E-state index contributed by atoms with van der Waals surface area (Å²) in [6.45, 7) is 4.85. The van der Waals surface area contributed by atoms with Crippen molar-refractivity contribution in [3.05, 3.63) is 199 Å². The number of anilines is 3. The molecule has 0 aromatic heterocycles. The molecule has 1 heteroatoms. The molecular formula is C55H47N. The summed E-state index contributed by atoms with van der Waals surface area (Å²) in [5.74, 6) is 0.656. The average molecular weight is 722 g/mol. The van der Waals surface area contributed by atoms with Gasteiger partial charge in [-0.25, -0.2) is 0 Å². The Bertz CT molecular complexity index is 2660. The highest BCUT2D eigenvalue weighted by molar-refractivity contribution is 5.97. The maximum absolute atomic E-state index is 2.48. The summed E-state index contributed by atoms with van der Waals surface area (Å²) in [5.41, 5.74) is 18.1. The van der Waals surface area contributed by atoms with E-state index in [1.54, 1.807) is 5.56 Å². The lowest BCUT2D eigenvalue weighted by Gasteiger charge is -2.28. The van der Waals surface area contributed by atoms with Crippen molar-refractivity contribution in [1.29, 1.82) is 0 Å². The van der Waals surface area contributed by atoms with Crippen LogP contribution >= 0.6 is 0 Å². The fourth-order valence-corrected chi connectivity index (χ4v) is 9.70. The van der Waals surface area contributed by atoms with E-state index in [2.05, 4.69) is 201 Å². The first kappa shape index (κ1) is 34.3. The molecule has 2 aliphatic carbocycles. The third-order valence-corrected chi connectivity index (χ3v) is 12.7. The lowest BCUT2D eigenvalue weighted by Crippen LogP contribution is -2.17. The molecule has 0 saturated heterocycles. The van der Waals surface area contributed by atoms with E-state index in [-0.39, 0.29) is 5.41 Å². The van der Waals surface area contributed by atoms with Crippen molar-refractivity contribution in [2.24, 2.45) is 0 Å². The second kappa shape index (κ2) is 14.2. The Morgan fingerprint density at radius 1 is 0.411 bits per heavy atom. The molecule has 0 amide bonds. The molecule has 8 aromatic carbocycles. The summed E-state index contributed by atoms with van der Waals surface area (Å²) >= 11 is 0. The maximum atomic E-state index is 2.48. The number of fused-ring (bicyclic) bond motifs is 4. The largest absolute Gasteiger partial charge is 0.310 e. The van der Waals surface area contributed by atoms with Gasteiger partial charge in [-0.05, 0) is 139 Å². The highest BCUT2D eigenvalue weighted by Gasteiger charge is 2.38. The van der Waals surface area contributed by atoms with Gasteiger partial charge in [0.1, 0.15) is 0 Å². The van der Waals surface area contributed by atoms with E-state index in [4.69, 9.17) is 0 Å². The SMILES string of the molecule is CC1(C)c2cc(N(c3ccc(-c4ccccc4)cc3)c3ccc(-c4cc5ccccc5cc4-c4ccccc4)cc3)ccc2-c2c(C3CCCCC3)cccc21. The lowest BCUT2D eigenvalue weighted by molar-refractivity contribution is 0.444. The molecule has 0 heterocycles. The molecule has 0 atom stereocenters. The van der Waals surface area contributed by atoms with Gasteiger partial charge in [0.15, 0.2) is 0 Å². The van der Waals surface area contributed by atoms with E-state index in [0.29, 0.717) is 5.92 Å². The molecule has 0 bridgehead atoms. The topological polar surface area (TPSA) is 3.24 Å². The Balaban J connectivity index is 1.09. The molecule has 0 radical (unpaired) electrons. The van der Waals surface area contributed by atoms with Gasteiger partial charge in [-0.15, -0.1) is 0 Å². The Morgan fingerprint density at radius 3 is 1.55 bits per heavy atom. The van der Waals surface area contributed by atoms with Gasteiger partial charge >= 0.3 is 0 Å². The molecule has 10 rings (SSSR count). The minimum absolute atomic E-state index is 0.0953. The number of rotatable bonds is 7. The van der Waals surface area contributed by atoms with Crippen molar-refractivity contribution in [1.82, 2.24) is 0 Å². The monoisotopic (exact) mass is 721 g/mol. The summed E-state index contributed by atoms with van der Waals surface area (Å²) in [4.78, 5) is 2.44. The van der Waals surface area contributed by atoms with Crippen LogP contribution in [0, 0.1) is 0 Å². The van der Waals surface area contributed by atoms with Gasteiger partial charge in [0, 0.05) is 22.5 Å². The van der Waals surface area contributed by atoms with Gasteiger partial charge in [-0.1, -0.05) is 167 Å². The molecule has 1 nitrogen and oxygen atoms in total. The predicted molar refractivity (Wildman–Crippen MR) is 238 cm³/mol. The van der Waals surface area contributed by atoms with Gasteiger partial charge in [-0.3, -0.25) is 0 Å². The molecule has 1 fully saturated rings. The van der Waals surface area contributed by atoms with Crippen molar-refractivity contribution in [3.63, 3.8) is 0 Å². The van der Waals surface area contributed by atoms with Gasteiger partial charge in [0.2, 0.25) is 0 Å². The zero-order valence-corrected chi connectivity index (χ0v) is 32.4. The Morgan fingerprint density at radius 2 is 0.929 bits per heavy atom. The van der Waals surface area contributed by atoms with Crippen molar-refractivity contribution >= 4 is 27.8 Å². The highest BCUT2D eigenvalue weighted by Crippen LogP contribution is 2.54. The van der Waals surface area contributed by atoms with Crippen molar-refractivity contribution in [2.75, 3.05) is 4.90 Å². The third-order valence-electron chi connectivity index (χ3n) is 12.7. The number of hydrogen-bond acceptors (Lipinski definition) is 1. The van der Waals surface area contributed by atoms with Crippen molar-refractivity contribution in [3.8, 4) is 44.5 Å². The van der Waals surface area contributed by atoms with Crippen LogP contribution in [0.2, 0.25) is 0 Å². The Hall–Kier alpha value is -6.18. The quantitative estimate of drug-likeness (QED) is 0.158. The van der Waals surface area contributed by atoms with E-state index in [1.165, 1.54) is 104 Å². The van der Waals surface area contributed by atoms with E-state index >= 15 is 0 Å².